The molecule has 8 heteroatoms. The third kappa shape index (κ3) is 5.84. The van der Waals surface area contributed by atoms with E-state index in [1.807, 2.05) is 55.5 Å². The molecule has 0 unspecified atom stereocenters. The van der Waals surface area contributed by atoms with Crippen molar-refractivity contribution in [1.29, 1.82) is 0 Å². The summed E-state index contributed by atoms with van der Waals surface area (Å²) in [6.07, 6.45) is 1.14. The Morgan fingerprint density at radius 1 is 1.07 bits per heavy atom. The number of carbonyl (C=O) groups excluding carboxylic acids is 1. The minimum Gasteiger partial charge on any atom is -0.453 e. The van der Waals surface area contributed by atoms with Gasteiger partial charge in [-0.25, -0.2) is 9.78 Å². The molecule has 0 aliphatic heterocycles. The Morgan fingerprint density at radius 2 is 1.77 bits per heavy atom. The minimum atomic E-state index is -0.496. The van der Waals surface area contributed by atoms with E-state index in [0.29, 0.717) is 30.6 Å². The summed E-state index contributed by atoms with van der Waals surface area (Å²) in [6.45, 7) is 3.10. The molecule has 0 fully saturated rings. The summed E-state index contributed by atoms with van der Waals surface area (Å²) >= 11 is 0. The molecule has 0 saturated heterocycles. The lowest BCUT2D eigenvalue weighted by Gasteiger charge is -2.11. The first-order valence-corrected chi connectivity index (χ1v) is 9.47. The molecule has 3 aromatic rings. The molecule has 0 bridgehead atoms. The number of oxazole rings is 1. The monoisotopic (exact) mass is 407 g/mol. The number of aryl methyl sites for hydroxylation is 1. The summed E-state index contributed by atoms with van der Waals surface area (Å²) in [4.78, 5) is 20.0. The second kappa shape index (κ2) is 10.1. The maximum Gasteiger partial charge on any atom is 0.411 e. The molecular weight excluding hydrogens is 382 g/mol. The van der Waals surface area contributed by atoms with Crippen LogP contribution in [0, 0.1) is 6.92 Å². The van der Waals surface area contributed by atoms with Crippen LogP contribution in [-0.4, -0.2) is 31.2 Å². The number of carbonyl (C=O) groups is 1. The molecule has 0 atom stereocenters. The Balaban J connectivity index is 1.49. The van der Waals surface area contributed by atoms with Crippen LogP contribution in [0.25, 0.3) is 11.5 Å². The summed E-state index contributed by atoms with van der Waals surface area (Å²) in [5.41, 5.74) is 4.63. The number of methoxy groups -OCH3 is 1. The molecule has 1 amide bonds. The van der Waals surface area contributed by atoms with Crippen molar-refractivity contribution in [3.63, 3.8) is 0 Å². The first-order chi connectivity index (χ1) is 14.6. The van der Waals surface area contributed by atoms with E-state index in [2.05, 4.69) is 30.7 Å². The summed E-state index contributed by atoms with van der Waals surface area (Å²) < 4.78 is 10.2. The van der Waals surface area contributed by atoms with Crippen molar-refractivity contribution in [3.05, 3.63) is 71.6 Å². The van der Waals surface area contributed by atoms with Gasteiger partial charge in [0.25, 0.3) is 0 Å². The molecule has 2 aromatic carbocycles. The Kier molecular flexibility index (Phi) is 7.05. The number of nitrogens with zero attached hydrogens (tertiary/aromatic N) is 2. The van der Waals surface area contributed by atoms with Gasteiger partial charge >= 0.3 is 6.09 Å². The average molecular weight is 407 g/mol. The van der Waals surface area contributed by atoms with Crippen molar-refractivity contribution < 1.29 is 13.9 Å². The molecule has 30 heavy (non-hydrogen) atoms. The lowest BCUT2D eigenvalue weighted by Crippen LogP contribution is -2.36. The molecule has 3 N–H and O–H groups in total. The van der Waals surface area contributed by atoms with Crippen molar-refractivity contribution in [3.8, 4) is 11.5 Å². The van der Waals surface area contributed by atoms with Crippen LogP contribution in [0.3, 0.4) is 0 Å². The number of amides is 1. The van der Waals surface area contributed by atoms with Gasteiger partial charge in [-0.05, 0) is 36.8 Å². The zero-order valence-corrected chi connectivity index (χ0v) is 17.2. The normalized spacial score (nSPS) is 11.1. The van der Waals surface area contributed by atoms with Crippen LogP contribution in [0.5, 0.6) is 0 Å². The van der Waals surface area contributed by atoms with E-state index in [1.165, 1.54) is 12.7 Å². The van der Waals surface area contributed by atoms with Gasteiger partial charge in [-0.3, -0.25) is 10.3 Å². The summed E-state index contributed by atoms with van der Waals surface area (Å²) in [6, 6.07) is 15.5. The number of hydrogen-bond donors (Lipinski definition) is 3. The van der Waals surface area contributed by atoms with Crippen LogP contribution in [0.2, 0.25) is 0 Å². The molecule has 0 saturated carbocycles. The second-order valence-corrected chi connectivity index (χ2v) is 6.60. The summed E-state index contributed by atoms with van der Waals surface area (Å²) in [5.74, 6) is 1.24. The molecule has 1 aromatic heterocycles. The number of nitrogens with one attached hydrogen (secondary N) is 3. The highest BCUT2D eigenvalue weighted by Gasteiger charge is 2.07. The van der Waals surface area contributed by atoms with Gasteiger partial charge in [0, 0.05) is 24.8 Å². The van der Waals surface area contributed by atoms with Crippen LogP contribution in [-0.2, 0) is 17.8 Å². The molecule has 0 radical (unpaired) electrons. The van der Waals surface area contributed by atoms with Gasteiger partial charge in [0.05, 0.1) is 19.3 Å². The number of ether oxygens (including phenoxy) is 1. The molecular formula is C22H25N5O3. The van der Waals surface area contributed by atoms with Crippen LogP contribution < -0.4 is 16.0 Å². The molecule has 0 aliphatic rings. The number of aliphatic imine (C=N–C) groups is 1. The average Bonchev–Trinajstić information content (AvgIpc) is 3.24. The van der Waals surface area contributed by atoms with Crippen molar-refractivity contribution in [1.82, 2.24) is 15.6 Å². The molecule has 1 heterocycles. The Labute approximate surface area is 175 Å². The Hall–Kier alpha value is -3.81. The van der Waals surface area contributed by atoms with E-state index in [4.69, 9.17) is 4.42 Å². The fourth-order valence-electron chi connectivity index (χ4n) is 2.67. The third-order valence-electron chi connectivity index (χ3n) is 4.36. The Morgan fingerprint density at radius 3 is 2.43 bits per heavy atom. The molecule has 8 nitrogen and oxygen atoms in total. The SMILES string of the molecule is CN=C(NCc1ccc(NC(=O)OC)cc1)NCc1coc(-c2ccc(C)cc2)n1. The molecule has 156 valence electrons. The number of rotatable bonds is 6. The van der Waals surface area contributed by atoms with Gasteiger partial charge in [0.2, 0.25) is 5.89 Å². The van der Waals surface area contributed by atoms with Crippen molar-refractivity contribution in [2.24, 2.45) is 4.99 Å². The van der Waals surface area contributed by atoms with E-state index in [1.54, 1.807) is 13.3 Å². The van der Waals surface area contributed by atoms with Gasteiger partial charge in [0.15, 0.2) is 5.96 Å². The van der Waals surface area contributed by atoms with Crippen molar-refractivity contribution >= 4 is 17.7 Å². The minimum absolute atomic E-state index is 0.483. The first-order valence-electron chi connectivity index (χ1n) is 9.47. The van der Waals surface area contributed by atoms with Crippen LogP contribution >= 0.6 is 0 Å². The van der Waals surface area contributed by atoms with E-state index in [9.17, 15) is 4.79 Å². The number of benzene rings is 2. The molecule has 0 aliphatic carbocycles. The molecule has 0 spiro atoms. The summed E-state index contributed by atoms with van der Waals surface area (Å²) in [5, 5.41) is 9.07. The maximum atomic E-state index is 11.2. The predicted octanol–water partition coefficient (Wildman–Crippen LogP) is 3.69. The zero-order chi connectivity index (χ0) is 21.3. The van der Waals surface area contributed by atoms with Crippen molar-refractivity contribution in [2.45, 2.75) is 20.0 Å². The number of aromatic nitrogens is 1. The number of guanidine groups is 1. The topological polar surface area (TPSA) is 101 Å². The van der Waals surface area contributed by atoms with Crippen LogP contribution in [0.4, 0.5) is 10.5 Å². The number of anilines is 1. The molecule has 3 rings (SSSR count). The highest BCUT2D eigenvalue weighted by atomic mass is 16.5. The third-order valence-corrected chi connectivity index (χ3v) is 4.36. The van der Waals surface area contributed by atoms with Crippen LogP contribution in [0.15, 0.2) is 64.2 Å². The fraction of sp³-hybridized carbons (Fsp3) is 0.227. The first kappa shape index (κ1) is 20.9. The van der Waals surface area contributed by atoms with E-state index >= 15 is 0 Å². The zero-order valence-electron chi connectivity index (χ0n) is 17.2. The van der Waals surface area contributed by atoms with Gasteiger partial charge < -0.3 is 19.8 Å². The summed E-state index contributed by atoms with van der Waals surface area (Å²) in [7, 11) is 3.04. The van der Waals surface area contributed by atoms with Gasteiger partial charge in [-0.15, -0.1) is 0 Å². The van der Waals surface area contributed by atoms with Gasteiger partial charge in [0.1, 0.15) is 6.26 Å². The van der Waals surface area contributed by atoms with Crippen molar-refractivity contribution in [2.75, 3.05) is 19.5 Å². The highest BCUT2D eigenvalue weighted by molar-refractivity contribution is 5.84. The predicted molar refractivity (Wildman–Crippen MR) is 116 cm³/mol. The lowest BCUT2D eigenvalue weighted by atomic mass is 10.1. The van der Waals surface area contributed by atoms with Gasteiger partial charge in [-0.2, -0.15) is 0 Å². The quantitative estimate of drug-likeness (QED) is 0.426. The van der Waals surface area contributed by atoms with E-state index < -0.39 is 6.09 Å². The maximum absolute atomic E-state index is 11.2. The Bertz CT molecular complexity index is 994. The standard InChI is InChI=1S/C22H25N5O3/c1-15-4-8-17(9-5-15)20-26-19(14-30-20)13-25-21(23-2)24-12-16-6-10-18(11-7-16)27-22(28)29-3/h4-11,14H,12-13H2,1-3H3,(H,27,28)(H2,23,24,25). The van der Waals surface area contributed by atoms with Gasteiger partial charge in [-0.1, -0.05) is 29.8 Å². The smallest absolute Gasteiger partial charge is 0.411 e. The highest BCUT2D eigenvalue weighted by Crippen LogP contribution is 2.19. The second-order valence-electron chi connectivity index (χ2n) is 6.60. The van der Waals surface area contributed by atoms with Crippen LogP contribution in [0.1, 0.15) is 16.8 Å². The number of hydrogen-bond acceptors (Lipinski definition) is 5. The fourth-order valence-corrected chi connectivity index (χ4v) is 2.67. The lowest BCUT2D eigenvalue weighted by molar-refractivity contribution is 0.187. The van der Waals surface area contributed by atoms with E-state index in [-0.39, 0.29) is 0 Å². The van der Waals surface area contributed by atoms with E-state index in [0.717, 1.165) is 16.8 Å². The largest absolute Gasteiger partial charge is 0.453 e.